The summed E-state index contributed by atoms with van der Waals surface area (Å²) in [5.74, 6) is -0.251. The number of carboxylic acid groups (broad SMARTS) is 1. The Hall–Kier alpha value is -1.10. The first-order chi connectivity index (χ1) is 9.60. The van der Waals surface area contributed by atoms with Crippen molar-refractivity contribution in [2.24, 2.45) is 11.7 Å². The van der Waals surface area contributed by atoms with Gasteiger partial charge in [-0.1, -0.05) is 26.2 Å². The van der Waals surface area contributed by atoms with E-state index in [9.17, 15) is 9.59 Å². The molecule has 20 heavy (non-hydrogen) atoms. The van der Waals surface area contributed by atoms with E-state index in [1.807, 2.05) is 0 Å². The third kappa shape index (κ3) is 12.0. The zero-order valence-electron chi connectivity index (χ0n) is 12.7. The molecule has 4 N–H and O–H groups in total. The molecule has 0 rings (SSSR count). The molecule has 5 heteroatoms. The van der Waals surface area contributed by atoms with Crippen molar-refractivity contribution in [3.63, 3.8) is 0 Å². The Balaban J connectivity index is 3.69. The number of hydrogen-bond acceptors (Lipinski definition) is 3. The van der Waals surface area contributed by atoms with E-state index in [1.165, 1.54) is 0 Å². The van der Waals surface area contributed by atoms with Gasteiger partial charge in [0.1, 0.15) is 0 Å². The van der Waals surface area contributed by atoms with Crippen LogP contribution in [0.25, 0.3) is 0 Å². The molecule has 0 bridgehead atoms. The summed E-state index contributed by atoms with van der Waals surface area (Å²) in [4.78, 5) is 22.2. The van der Waals surface area contributed by atoms with Crippen molar-refractivity contribution in [2.45, 2.75) is 64.7 Å². The molecule has 0 fully saturated rings. The van der Waals surface area contributed by atoms with Crippen LogP contribution in [0.3, 0.4) is 0 Å². The van der Waals surface area contributed by atoms with Gasteiger partial charge in [-0.2, -0.15) is 0 Å². The van der Waals surface area contributed by atoms with Crippen LogP contribution in [0.5, 0.6) is 0 Å². The van der Waals surface area contributed by atoms with Gasteiger partial charge in [-0.25, -0.2) is 0 Å². The average Bonchev–Trinajstić information content (AvgIpc) is 2.41. The van der Waals surface area contributed by atoms with Gasteiger partial charge >= 0.3 is 5.97 Å². The molecule has 0 aliphatic rings. The molecule has 1 amide bonds. The van der Waals surface area contributed by atoms with Crippen LogP contribution in [0.4, 0.5) is 0 Å². The largest absolute Gasteiger partial charge is 0.481 e. The third-order valence-electron chi connectivity index (χ3n) is 3.45. The molecule has 5 nitrogen and oxygen atoms in total. The highest BCUT2D eigenvalue weighted by Crippen LogP contribution is 2.17. The number of carbonyl (C=O) groups is 2. The molecule has 0 aromatic rings. The summed E-state index contributed by atoms with van der Waals surface area (Å²) in [5, 5.41) is 11.6. The van der Waals surface area contributed by atoms with Gasteiger partial charge < -0.3 is 16.2 Å². The summed E-state index contributed by atoms with van der Waals surface area (Å²) < 4.78 is 0. The molecule has 0 aliphatic carbocycles. The van der Waals surface area contributed by atoms with Gasteiger partial charge in [0.2, 0.25) is 5.91 Å². The van der Waals surface area contributed by atoms with E-state index in [1.54, 1.807) is 0 Å². The summed E-state index contributed by atoms with van der Waals surface area (Å²) in [6.45, 7) is 3.44. The van der Waals surface area contributed by atoms with Crippen LogP contribution in [0.15, 0.2) is 0 Å². The van der Waals surface area contributed by atoms with Crippen molar-refractivity contribution in [3.8, 4) is 0 Å². The molecule has 0 aromatic heterocycles. The highest BCUT2D eigenvalue weighted by molar-refractivity contribution is 5.75. The fourth-order valence-electron chi connectivity index (χ4n) is 2.28. The smallest absolute Gasteiger partial charge is 0.303 e. The monoisotopic (exact) mass is 286 g/mol. The van der Waals surface area contributed by atoms with Gasteiger partial charge in [0.05, 0.1) is 0 Å². The Labute approximate surface area is 122 Å². The van der Waals surface area contributed by atoms with Crippen molar-refractivity contribution in [1.82, 2.24) is 5.32 Å². The van der Waals surface area contributed by atoms with Crippen molar-refractivity contribution in [1.29, 1.82) is 0 Å². The van der Waals surface area contributed by atoms with Crippen molar-refractivity contribution in [2.75, 3.05) is 13.1 Å². The van der Waals surface area contributed by atoms with E-state index in [-0.39, 0.29) is 12.3 Å². The van der Waals surface area contributed by atoms with E-state index in [0.717, 1.165) is 38.5 Å². The van der Waals surface area contributed by atoms with Crippen LogP contribution in [-0.4, -0.2) is 30.1 Å². The Kier molecular flexibility index (Phi) is 12.2. The van der Waals surface area contributed by atoms with Gasteiger partial charge in [0.15, 0.2) is 0 Å². The molecule has 1 unspecified atom stereocenters. The first-order valence-electron chi connectivity index (χ1n) is 7.78. The molecule has 0 saturated carbocycles. The zero-order valence-corrected chi connectivity index (χ0v) is 12.7. The van der Waals surface area contributed by atoms with Gasteiger partial charge in [-0.05, 0) is 38.1 Å². The molecular formula is C15H30N2O3. The highest BCUT2D eigenvalue weighted by atomic mass is 16.4. The maximum absolute atomic E-state index is 11.6. The number of hydrogen-bond donors (Lipinski definition) is 3. The predicted molar refractivity (Wildman–Crippen MR) is 80.4 cm³/mol. The first kappa shape index (κ1) is 18.9. The number of nitrogens with two attached hydrogens (primary N) is 1. The number of aliphatic carboxylic acids is 1. The Morgan fingerprint density at radius 2 is 1.85 bits per heavy atom. The van der Waals surface area contributed by atoms with Crippen LogP contribution >= 0.6 is 0 Å². The highest BCUT2D eigenvalue weighted by Gasteiger charge is 2.10. The summed E-state index contributed by atoms with van der Waals surface area (Å²) >= 11 is 0. The minimum Gasteiger partial charge on any atom is -0.481 e. The lowest BCUT2D eigenvalue weighted by Crippen LogP contribution is -2.25. The molecular weight excluding hydrogens is 256 g/mol. The molecule has 0 radical (unpaired) electrons. The Bertz CT molecular complexity index is 270. The molecule has 0 aromatic carbocycles. The first-order valence-corrected chi connectivity index (χ1v) is 7.78. The topological polar surface area (TPSA) is 92.4 Å². The van der Waals surface area contributed by atoms with Crippen molar-refractivity contribution >= 4 is 11.9 Å². The zero-order chi connectivity index (χ0) is 15.2. The standard InChI is InChI=1S/C15H30N2O3/c1-2-6-13(8-9-15(19)20)10-12-17-14(18)7-4-3-5-11-16/h13H,2-12,16H2,1H3,(H,17,18)(H,19,20). The van der Waals surface area contributed by atoms with E-state index in [0.29, 0.717) is 31.8 Å². The Morgan fingerprint density at radius 3 is 2.45 bits per heavy atom. The summed E-state index contributed by atoms with van der Waals surface area (Å²) in [6, 6.07) is 0. The van der Waals surface area contributed by atoms with Crippen molar-refractivity contribution < 1.29 is 14.7 Å². The number of rotatable bonds is 13. The minimum absolute atomic E-state index is 0.0931. The fraction of sp³-hybridized carbons (Fsp3) is 0.867. The van der Waals surface area contributed by atoms with Gasteiger partial charge in [0.25, 0.3) is 0 Å². The number of nitrogens with one attached hydrogen (secondary N) is 1. The lowest BCUT2D eigenvalue weighted by molar-refractivity contribution is -0.137. The van der Waals surface area contributed by atoms with E-state index in [2.05, 4.69) is 12.2 Å². The average molecular weight is 286 g/mol. The maximum Gasteiger partial charge on any atom is 0.303 e. The lowest BCUT2D eigenvalue weighted by atomic mass is 9.94. The molecule has 0 aliphatic heterocycles. The summed E-state index contributed by atoms with van der Waals surface area (Å²) in [5.41, 5.74) is 5.39. The second kappa shape index (κ2) is 12.9. The molecule has 118 valence electrons. The molecule has 0 spiro atoms. The SMILES string of the molecule is CCCC(CCNC(=O)CCCCCN)CCC(=O)O. The van der Waals surface area contributed by atoms with Crippen LogP contribution in [-0.2, 0) is 9.59 Å². The van der Waals surface area contributed by atoms with Gasteiger partial charge in [0, 0.05) is 19.4 Å². The van der Waals surface area contributed by atoms with Crippen LogP contribution < -0.4 is 11.1 Å². The van der Waals surface area contributed by atoms with Gasteiger partial charge in [-0.15, -0.1) is 0 Å². The Morgan fingerprint density at radius 1 is 1.10 bits per heavy atom. The third-order valence-corrected chi connectivity index (χ3v) is 3.45. The molecule has 0 heterocycles. The fourth-order valence-corrected chi connectivity index (χ4v) is 2.28. The summed E-state index contributed by atoms with van der Waals surface area (Å²) in [6.07, 6.45) is 7.30. The van der Waals surface area contributed by atoms with E-state index in [4.69, 9.17) is 10.8 Å². The van der Waals surface area contributed by atoms with Crippen LogP contribution in [0, 0.1) is 5.92 Å². The van der Waals surface area contributed by atoms with E-state index >= 15 is 0 Å². The normalized spacial score (nSPS) is 12.1. The number of carboxylic acids is 1. The van der Waals surface area contributed by atoms with E-state index < -0.39 is 5.97 Å². The lowest BCUT2D eigenvalue weighted by Gasteiger charge is -2.15. The summed E-state index contributed by atoms with van der Waals surface area (Å²) in [7, 11) is 0. The minimum atomic E-state index is -0.741. The number of carbonyl (C=O) groups excluding carboxylic acids is 1. The second-order valence-electron chi connectivity index (χ2n) is 5.33. The molecule has 1 atom stereocenters. The number of amides is 1. The quantitative estimate of drug-likeness (QED) is 0.453. The predicted octanol–water partition coefficient (Wildman–Crippen LogP) is 2.29. The van der Waals surface area contributed by atoms with Crippen LogP contribution in [0.2, 0.25) is 0 Å². The molecule has 0 saturated heterocycles. The second-order valence-corrected chi connectivity index (χ2v) is 5.33. The van der Waals surface area contributed by atoms with Gasteiger partial charge in [-0.3, -0.25) is 9.59 Å². The maximum atomic E-state index is 11.6. The van der Waals surface area contributed by atoms with Crippen LogP contribution in [0.1, 0.15) is 64.7 Å². The number of unbranched alkanes of at least 4 members (excludes halogenated alkanes) is 2. The van der Waals surface area contributed by atoms with Crippen molar-refractivity contribution in [3.05, 3.63) is 0 Å².